The molecule has 0 heterocycles. The van der Waals surface area contributed by atoms with Crippen molar-refractivity contribution in [2.75, 3.05) is 0 Å². The highest BCUT2D eigenvalue weighted by Gasteiger charge is 2.28. The average molecular weight is 260 g/mol. The molecule has 19 heavy (non-hydrogen) atoms. The lowest BCUT2D eigenvalue weighted by molar-refractivity contribution is -0.127. The summed E-state index contributed by atoms with van der Waals surface area (Å²) in [6, 6.07) is 10.4. The second kappa shape index (κ2) is 6.71. The minimum atomic E-state index is 0.00646. The summed E-state index contributed by atoms with van der Waals surface area (Å²) in [5, 5.41) is 3.11. The molecule has 1 aliphatic carbocycles. The average Bonchev–Trinajstić information content (AvgIpc) is 2.40. The first-order valence-corrected chi connectivity index (χ1v) is 7.26. The first-order chi connectivity index (χ1) is 9.16. The molecule has 0 aromatic heterocycles. The first kappa shape index (κ1) is 14.1. The Balaban J connectivity index is 1.84. The summed E-state index contributed by atoms with van der Waals surface area (Å²) in [5.41, 5.74) is 7.30. The number of benzene rings is 1. The van der Waals surface area contributed by atoms with E-state index in [2.05, 4.69) is 24.4 Å². The molecule has 1 aromatic rings. The highest BCUT2D eigenvalue weighted by atomic mass is 16.2. The van der Waals surface area contributed by atoms with Gasteiger partial charge in [0.05, 0.1) is 5.92 Å². The molecule has 0 aliphatic heterocycles. The fourth-order valence-corrected chi connectivity index (χ4v) is 2.85. The van der Waals surface area contributed by atoms with E-state index in [9.17, 15) is 4.79 Å². The van der Waals surface area contributed by atoms with E-state index in [1.165, 1.54) is 5.56 Å². The van der Waals surface area contributed by atoms with Crippen LogP contribution in [0.1, 0.15) is 38.2 Å². The summed E-state index contributed by atoms with van der Waals surface area (Å²) >= 11 is 0. The summed E-state index contributed by atoms with van der Waals surface area (Å²) in [4.78, 5) is 12.2. The van der Waals surface area contributed by atoms with E-state index < -0.39 is 0 Å². The van der Waals surface area contributed by atoms with Gasteiger partial charge in [0.25, 0.3) is 0 Å². The van der Waals surface area contributed by atoms with E-state index in [4.69, 9.17) is 5.73 Å². The second-order valence-electron chi connectivity index (χ2n) is 5.65. The fraction of sp³-hybridized carbons (Fsp3) is 0.562. The minimum Gasteiger partial charge on any atom is -0.353 e. The maximum atomic E-state index is 12.2. The monoisotopic (exact) mass is 260 g/mol. The van der Waals surface area contributed by atoms with Crippen LogP contribution in [-0.4, -0.2) is 18.0 Å². The minimum absolute atomic E-state index is 0.00646. The highest BCUT2D eigenvalue weighted by Crippen LogP contribution is 2.23. The van der Waals surface area contributed by atoms with E-state index in [1.807, 2.05) is 18.2 Å². The van der Waals surface area contributed by atoms with Gasteiger partial charge in [-0.2, -0.15) is 0 Å². The zero-order valence-corrected chi connectivity index (χ0v) is 11.6. The van der Waals surface area contributed by atoms with Crippen LogP contribution in [0, 0.1) is 5.92 Å². The molecule has 3 atom stereocenters. The summed E-state index contributed by atoms with van der Waals surface area (Å²) in [5.74, 6) is 0.141. The predicted octanol–water partition coefficient (Wildman–Crippen LogP) is 2.25. The standard InChI is InChI=1S/C16H24N2O/c1-12(11-13-7-3-2-4-8-13)18-16(19)14-9-5-6-10-15(14)17/h2-4,7-8,12,14-15H,5-6,9-11,17H2,1H3,(H,18,19). The van der Waals surface area contributed by atoms with Gasteiger partial charge in [-0.25, -0.2) is 0 Å². The molecule has 1 aliphatic rings. The molecule has 104 valence electrons. The van der Waals surface area contributed by atoms with Gasteiger partial charge >= 0.3 is 0 Å². The molecule has 0 spiro atoms. The van der Waals surface area contributed by atoms with Crippen molar-refractivity contribution in [2.45, 2.75) is 51.1 Å². The molecule has 1 aromatic carbocycles. The first-order valence-electron chi connectivity index (χ1n) is 7.26. The third kappa shape index (κ3) is 4.06. The van der Waals surface area contributed by atoms with Gasteiger partial charge in [-0.15, -0.1) is 0 Å². The largest absolute Gasteiger partial charge is 0.353 e. The predicted molar refractivity (Wildman–Crippen MR) is 77.7 cm³/mol. The number of carbonyl (C=O) groups is 1. The lowest BCUT2D eigenvalue weighted by Crippen LogP contribution is -2.46. The van der Waals surface area contributed by atoms with E-state index in [1.54, 1.807) is 0 Å². The van der Waals surface area contributed by atoms with Crippen molar-refractivity contribution in [3.8, 4) is 0 Å². The van der Waals surface area contributed by atoms with Crippen molar-refractivity contribution in [1.82, 2.24) is 5.32 Å². The number of amides is 1. The number of nitrogens with two attached hydrogens (primary N) is 1. The Hall–Kier alpha value is -1.35. The lowest BCUT2D eigenvalue weighted by Gasteiger charge is -2.28. The summed E-state index contributed by atoms with van der Waals surface area (Å²) in [6.45, 7) is 2.05. The van der Waals surface area contributed by atoms with Gasteiger partial charge in [-0.1, -0.05) is 43.2 Å². The van der Waals surface area contributed by atoms with Crippen LogP contribution < -0.4 is 11.1 Å². The van der Waals surface area contributed by atoms with Crippen molar-refractivity contribution in [1.29, 1.82) is 0 Å². The Labute approximate surface area is 115 Å². The molecular weight excluding hydrogens is 236 g/mol. The molecule has 3 unspecified atom stereocenters. The number of carbonyl (C=O) groups excluding carboxylic acids is 1. The molecule has 1 fully saturated rings. The van der Waals surface area contributed by atoms with Gasteiger partial charge in [0.1, 0.15) is 0 Å². The van der Waals surface area contributed by atoms with Gasteiger partial charge in [0.2, 0.25) is 5.91 Å². The Kier molecular flexibility index (Phi) is 4.97. The van der Waals surface area contributed by atoms with Crippen molar-refractivity contribution < 1.29 is 4.79 Å². The van der Waals surface area contributed by atoms with E-state index in [-0.39, 0.29) is 23.9 Å². The lowest BCUT2D eigenvalue weighted by atomic mass is 9.84. The third-order valence-corrected chi connectivity index (χ3v) is 3.93. The number of hydrogen-bond acceptors (Lipinski definition) is 2. The maximum Gasteiger partial charge on any atom is 0.224 e. The molecular formula is C16H24N2O. The van der Waals surface area contributed by atoms with Crippen LogP contribution in [0.5, 0.6) is 0 Å². The highest BCUT2D eigenvalue weighted by molar-refractivity contribution is 5.79. The van der Waals surface area contributed by atoms with Crippen LogP contribution in [0.25, 0.3) is 0 Å². The van der Waals surface area contributed by atoms with E-state index in [0.29, 0.717) is 0 Å². The van der Waals surface area contributed by atoms with Crippen LogP contribution >= 0.6 is 0 Å². The zero-order valence-electron chi connectivity index (χ0n) is 11.6. The van der Waals surface area contributed by atoms with Gasteiger partial charge in [-0.05, 0) is 31.7 Å². The topological polar surface area (TPSA) is 55.1 Å². The van der Waals surface area contributed by atoms with Crippen LogP contribution in [-0.2, 0) is 11.2 Å². The van der Waals surface area contributed by atoms with Gasteiger partial charge in [0, 0.05) is 12.1 Å². The van der Waals surface area contributed by atoms with Gasteiger partial charge in [0.15, 0.2) is 0 Å². The summed E-state index contributed by atoms with van der Waals surface area (Å²) in [7, 11) is 0. The number of hydrogen-bond donors (Lipinski definition) is 2. The molecule has 0 saturated heterocycles. The molecule has 3 heteroatoms. The summed E-state index contributed by atoms with van der Waals surface area (Å²) < 4.78 is 0. The number of nitrogens with one attached hydrogen (secondary N) is 1. The smallest absolute Gasteiger partial charge is 0.224 e. The van der Waals surface area contributed by atoms with Crippen LogP contribution in [0.3, 0.4) is 0 Å². The Bertz CT molecular complexity index is 404. The van der Waals surface area contributed by atoms with Gasteiger partial charge in [-0.3, -0.25) is 4.79 Å². The van der Waals surface area contributed by atoms with E-state index >= 15 is 0 Å². The summed E-state index contributed by atoms with van der Waals surface area (Å²) in [6.07, 6.45) is 5.06. The Morgan fingerprint density at radius 2 is 2.00 bits per heavy atom. The van der Waals surface area contributed by atoms with E-state index in [0.717, 1.165) is 32.1 Å². The van der Waals surface area contributed by atoms with Crippen molar-refractivity contribution in [3.63, 3.8) is 0 Å². The Morgan fingerprint density at radius 3 is 2.68 bits per heavy atom. The van der Waals surface area contributed by atoms with Crippen LogP contribution in [0.4, 0.5) is 0 Å². The SMILES string of the molecule is CC(Cc1ccccc1)NC(=O)C1CCCCC1N. The molecule has 1 amide bonds. The fourth-order valence-electron chi connectivity index (χ4n) is 2.85. The van der Waals surface area contributed by atoms with Crippen molar-refractivity contribution in [2.24, 2.45) is 11.7 Å². The molecule has 2 rings (SSSR count). The zero-order chi connectivity index (χ0) is 13.7. The molecule has 3 nitrogen and oxygen atoms in total. The van der Waals surface area contributed by atoms with Crippen molar-refractivity contribution >= 4 is 5.91 Å². The third-order valence-electron chi connectivity index (χ3n) is 3.93. The molecule has 3 N–H and O–H groups in total. The maximum absolute atomic E-state index is 12.2. The van der Waals surface area contributed by atoms with Crippen molar-refractivity contribution in [3.05, 3.63) is 35.9 Å². The van der Waals surface area contributed by atoms with Crippen LogP contribution in [0.15, 0.2) is 30.3 Å². The second-order valence-corrected chi connectivity index (χ2v) is 5.65. The normalized spacial score (nSPS) is 24.7. The molecule has 0 radical (unpaired) electrons. The molecule has 1 saturated carbocycles. The van der Waals surface area contributed by atoms with Gasteiger partial charge < -0.3 is 11.1 Å². The van der Waals surface area contributed by atoms with Crippen LogP contribution in [0.2, 0.25) is 0 Å². The molecule has 0 bridgehead atoms. The quantitative estimate of drug-likeness (QED) is 0.872. The number of rotatable bonds is 4. The Morgan fingerprint density at radius 1 is 1.32 bits per heavy atom.